The summed E-state index contributed by atoms with van der Waals surface area (Å²) in [7, 11) is 0. The second-order valence-corrected chi connectivity index (χ2v) is 10.7. The molecule has 0 saturated carbocycles. The maximum atomic E-state index is 13.8. The minimum absolute atomic E-state index is 0.0191. The van der Waals surface area contributed by atoms with Crippen LogP contribution < -0.4 is 16.4 Å². The van der Waals surface area contributed by atoms with Crippen molar-refractivity contribution in [2.24, 2.45) is 0 Å². The number of quaternary nitrogens is 1. The van der Waals surface area contributed by atoms with Crippen molar-refractivity contribution in [2.75, 3.05) is 18.4 Å². The summed E-state index contributed by atoms with van der Waals surface area (Å²) in [5.74, 6) is -0.354. The topological polar surface area (TPSA) is 122 Å². The predicted molar refractivity (Wildman–Crippen MR) is 133 cm³/mol. The lowest BCUT2D eigenvalue weighted by Crippen LogP contribution is -2.76. The summed E-state index contributed by atoms with van der Waals surface area (Å²) in [6, 6.07) is 9.19. The number of rotatable bonds is 5. The number of anilines is 1. The largest absolute Gasteiger partial charge is 0.361 e. The maximum absolute atomic E-state index is 13.8. The molecule has 1 fully saturated rings. The Labute approximate surface area is 205 Å². The molecule has 2 atom stereocenters. The average Bonchev–Trinajstić information content (AvgIpc) is 3.41. The van der Waals surface area contributed by atoms with E-state index in [1.165, 1.54) is 0 Å². The van der Waals surface area contributed by atoms with Crippen molar-refractivity contribution < 1.29 is 20.1 Å². The molecule has 8 nitrogen and oxygen atoms in total. The molecule has 2 aliphatic heterocycles. The van der Waals surface area contributed by atoms with Gasteiger partial charge < -0.3 is 26.3 Å². The molecule has 2 aromatic rings. The van der Waals surface area contributed by atoms with Crippen molar-refractivity contribution in [3.8, 4) is 0 Å². The van der Waals surface area contributed by atoms with E-state index in [0.717, 1.165) is 41.0 Å². The summed E-state index contributed by atoms with van der Waals surface area (Å²) in [4.78, 5) is 44.9. The van der Waals surface area contributed by atoms with Crippen LogP contribution in [0.5, 0.6) is 0 Å². The van der Waals surface area contributed by atoms with Gasteiger partial charge in [0.15, 0.2) is 5.54 Å². The van der Waals surface area contributed by atoms with Crippen LogP contribution >= 0.6 is 0 Å². The van der Waals surface area contributed by atoms with Crippen molar-refractivity contribution in [3.63, 3.8) is 0 Å². The molecule has 1 saturated heterocycles. The molecule has 3 aliphatic rings. The van der Waals surface area contributed by atoms with E-state index in [4.69, 9.17) is 0 Å². The SMILES string of the molecule is CC(C)([NH3+])C(=O)N[C@@H](Cc1cc2c([nH]1)CC=C2)C(=O)N1CCC[C@@]2(CC1)C(=O)Nc1ccccc12. The number of para-hydroxylation sites is 1. The van der Waals surface area contributed by atoms with Gasteiger partial charge in [-0.05, 0) is 56.4 Å². The molecule has 5 rings (SSSR count). The van der Waals surface area contributed by atoms with E-state index in [1.54, 1.807) is 13.8 Å². The molecule has 1 aromatic heterocycles. The number of aromatic nitrogens is 1. The van der Waals surface area contributed by atoms with Crippen LogP contribution in [0.3, 0.4) is 0 Å². The minimum atomic E-state index is -0.854. The Kier molecular flexibility index (Phi) is 5.79. The molecule has 1 spiro atoms. The summed E-state index contributed by atoms with van der Waals surface area (Å²) in [5.41, 5.74) is 7.57. The van der Waals surface area contributed by atoms with E-state index >= 15 is 0 Å². The first kappa shape index (κ1) is 23.4. The first-order valence-electron chi connectivity index (χ1n) is 12.4. The standard InChI is InChI=1S/C27H33N5O3/c1-26(2,28)24(34)31-22(16-18-15-17-7-5-10-20(17)29-18)23(33)32-13-6-11-27(12-14-32)19-8-3-4-9-21(19)30-25(27)35/h3-5,7-9,15,22,29H,6,10-14,16,28H2,1-2H3,(H,30,35)(H,31,34)/p+1/t22-,27-/m0/s1. The fraction of sp³-hybridized carbons (Fsp3) is 0.444. The van der Waals surface area contributed by atoms with E-state index in [0.29, 0.717) is 32.4 Å². The summed E-state index contributed by atoms with van der Waals surface area (Å²) >= 11 is 0. The Morgan fingerprint density at radius 1 is 1.23 bits per heavy atom. The number of fused-ring (bicyclic) bond motifs is 3. The highest BCUT2D eigenvalue weighted by molar-refractivity contribution is 6.06. The maximum Gasteiger partial charge on any atom is 0.281 e. The van der Waals surface area contributed by atoms with Gasteiger partial charge in [0.25, 0.3) is 5.91 Å². The Bertz CT molecular complexity index is 1210. The predicted octanol–water partition coefficient (Wildman–Crippen LogP) is 1.53. The van der Waals surface area contributed by atoms with Gasteiger partial charge in [0, 0.05) is 43.0 Å². The lowest BCUT2D eigenvalue weighted by molar-refractivity contribution is -0.446. The molecule has 0 unspecified atom stereocenters. The van der Waals surface area contributed by atoms with E-state index in [2.05, 4.69) is 39.6 Å². The fourth-order valence-electron chi connectivity index (χ4n) is 5.53. The number of nitrogens with zero attached hydrogens (tertiary/aromatic N) is 1. The van der Waals surface area contributed by atoms with Gasteiger partial charge in [-0.1, -0.05) is 30.4 Å². The molecule has 1 aliphatic carbocycles. The first-order valence-corrected chi connectivity index (χ1v) is 12.4. The number of hydrogen-bond acceptors (Lipinski definition) is 3. The van der Waals surface area contributed by atoms with Crippen LogP contribution in [-0.2, 0) is 32.6 Å². The van der Waals surface area contributed by atoms with E-state index < -0.39 is 17.0 Å². The summed E-state index contributed by atoms with van der Waals surface area (Å²) < 4.78 is 0. The molecular formula is C27H34N5O3+. The molecule has 1 aromatic carbocycles. The van der Waals surface area contributed by atoms with Gasteiger partial charge in [0.05, 0.1) is 5.41 Å². The number of carbonyl (C=O) groups excluding carboxylic acids is 3. The van der Waals surface area contributed by atoms with Gasteiger partial charge in [-0.2, -0.15) is 0 Å². The highest BCUT2D eigenvalue weighted by Crippen LogP contribution is 2.44. The van der Waals surface area contributed by atoms with Gasteiger partial charge in [-0.3, -0.25) is 14.4 Å². The third kappa shape index (κ3) is 4.27. The minimum Gasteiger partial charge on any atom is -0.361 e. The molecule has 184 valence electrons. The highest BCUT2D eigenvalue weighted by atomic mass is 16.2. The second-order valence-electron chi connectivity index (χ2n) is 10.7. The first-order chi connectivity index (χ1) is 16.7. The number of amides is 3. The van der Waals surface area contributed by atoms with Crippen LogP contribution in [-0.4, -0.2) is 52.3 Å². The van der Waals surface area contributed by atoms with Gasteiger partial charge in [-0.25, -0.2) is 0 Å². The molecule has 8 heteroatoms. The number of H-pyrrole nitrogens is 1. The number of hydrogen-bond donors (Lipinski definition) is 4. The monoisotopic (exact) mass is 476 g/mol. The molecule has 3 heterocycles. The number of likely N-dealkylation sites (tertiary alicyclic amines) is 1. The van der Waals surface area contributed by atoms with Crippen LogP contribution in [0.15, 0.2) is 36.4 Å². The zero-order chi connectivity index (χ0) is 24.8. The number of aromatic amines is 1. The second kappa shape index (κ2) is 8.68. The zero-order valence-corrected chi connectivity index (χ0v) is 20.4. The third-order valence-corrected chi connectivity index (χ3v) is 7.53. The number of nitrogens with one attached hydrogen (secondary N) is 3. The van der Waals surface area contributed by atoms with Crippen LogP contribution in [0.4, 0.5) is 5.69 Å². The van der Waals surface area contributed by atoms with Crippen LogP contribution in [0, 0.1) is 0 Å². The van der Waals surface area contributed by atoms with Crippen molar-refractivity contribution in [2.45, 2.75) is 62.9 Å². The van der Waals surface area contributed by atoms with Crippen molar-refractivity contribution >= 4 is 29.5 Å². The van der Waals surface area contributed by atoms with Crippen LogP contribution in [0.2, 0.25) is 0 Å². The number of benzene rings is 1. The summed E-state index contributed by atoms with van der Waals surface area (Å²) in [6.07, 6.45) is 7.38. The summed E-state index contributed by atoms with van der Waals surface area (Å²) in [5, 5.41) is 5.99. The lowest BCUT2D eigenvalue weighted by atomic mass is 9.75. The third-order valence-electron chi connectivity index (χ3n) is 7.53. The van der Waals surface area contributed by atoms with Gasteiger partial charge in [-0.15, -0.1) is 0 Å². The fourth-order valence-corrected chi connectivity index (χ4v) is 5.53. The van der Waals surface area contributed by atoms with Gasteiger partial charge in [0.1, 0.15) is 6.04 Å². The molecular weight excluding hydrogens is 442 g/mol. The molecule has 0 bridgehead atoms. The molecule has 0 radical (unpaired) electrons. The quantitative estimate of drug-likeness (QED) is 0.524. The average molecular weight is 477 g/mol. The number of carbonyl (C=O) groups is 3. The normalized spacial score (nSPS) is 21.9. The molecule has 35 heavy (non-hydrogen) atoms. The van der Waals surface area contributed by atoms with E-state index in [1.807, 2.05) is 29.2 Å². The van der Waals surface area contributed by atoms with Crippen molar-refractivity contribution in [1.29, 1.82) is 0 Å². The van der Waals surface area contributed by atoms with E-state index in [-0.39, 0.29) is 17.7 Å². The van der Waals surface area contributed by atoms with Gasteiger partial charge >= 0.3 is 0 Å². The molecule has 3 amide bonds. The smallest absolute Gasteiger partial charge is 0.281 e. The lowest BCUT2D eigenvalue weighted by Gasteiger charge is -2.29. The Morgan fingerprint density at radius 3 is 2.80 bits per heavy atom. The van der Waals surface area contributed by atoms with Crippen molar-refractivity contribution in [1.82, 2.24) is 15.2 Å². The Morgan fingerprint density at radius 2 is 2.03 bits per heavy atom. The van der Waals surface area contributed by atoms with E-state index in [9.17, 15) is 14.4 Å². The van der Waals surface area contributed by atoms with Crippen molar-refractivity contribution in [3.05, 3.63) is 58.9 Å². The Balaban J connectivity index is 1.36. The Hall–Kier alpha value is -3.39. The summed E-state index contributed by atoms with van der Waals surface area (Å²) in [6.45, 7) is 4.50. The highest BCUT2D eigenvalue weighted by Gasteiger charge is 2.47. The molecule has 6 N–H and O–H groups in total. The zero-order valence-electron chi connectivity index (χ0n) is 20.4. The number of allylic oxidation sites excluding steroid dienone is 1. The van der Waals surface area contributed by atoms with Crippen LogP contribution in [0.1, 0.15) is 55.6 Å². The van der Waals surface area contributed by atoms with Crippen LogP contribution in [0.25, 0.3) is 6.08 Å². The van der Waals surface area contributed by atoms with Gasteiger partial charge in [0.2, 0.25) is 11.8 Å².